The molecule has 3 rings (SSSR count). The molecule has 19 heavy (non-hydrogen) atoms. The Kier molecular flexibility index (Phi) is 3.53. The second-order valence-corrected chi connectivity index (χ2v) is 5.39. The standard InChI is InChI=1S/C15H22N4/c1-2-19-14-6-4-3-5-13(14)17-15(19)11-18-8-7-12(9-16)10-18/h3-6,12H,2,7-11,16H2,1H3. The molecule has 1 fully saturated rings. The van der Waals surface area contributed by atoms with Crippen LogP contribution in [-0.4, -0.2) is 34.1 Å². The quantitative estimate of drug-likeness (QED) is 0.910. The second kappa shape index (κ2) is 5.31. The summed E-state index contributed by atoms with van der Waals surface area (Å²) in [5.74, 6) is 1.85. The van der Waals surface area contributed by atoms with Crippen molar-refractivity contribution in [2.24, 2.45) is 11.7 Å². The molecule has 1 aliphatic rings. The lowest BCUT2D eigenvalue weighted by molar-refractivity contribution is 0.305. The van der Waals surface area contributed by atoms with Crippen molar-refractivity contribution in [3.05, 3.63) is 30.1 Å². The zero-order valence-corrected chi connectivity index (χ0v) is 11.5. The maximum atomic E-state index is 5.76. The van der Waals surface area contributed by atoms with Gasteiger partial charge in [0.2, 0.25) is 0 Å². The van der Waals surface area contributed by atoms with E-state index < -0.39 is 0 Å². The van der Waals surface area contributed by atoms with Crippen LogP contribution in [0.4, 0.5) is 0 Å². The van der Waals surface area contributed by atoms with Crippen LogP contribution in [0.25, 0.3) is 11.0 Å². The van der Waals surface area contributed by atoms with Crippen LogP contribution in [-0.2, 0) is 13.1 Å². The Morgan fingerprint density at radius 1 is 1.37 bits per heavy atom. The predicted octanol–water partition coefficient (Wildman–Crippen LogP) is 1.84. The molecule has 1 saturated heterocycles. The zero-order chi connectivity index (χ0) is 13.2. The summed E-state index contributed by atoms with van der Waals surface area (Å²) >= 11 is 0. The van der Waals surface area contributed by atoms with E-state index in [0.29, 0.717) is 5.92 Å². The molecule has 102 valence electrons. The maximum absolute atomic E-state index is 5.76. The number of nitrogens with zero attached hydrogens (tertiary/aromatic N) is 3. The summed E-state index contributed by atoms with van der Waals surface area (Å²) in [6, 6.07) is 8.39. The fourth-order valence-electron chi connectivity index (χ4n) is 3.05. The highest BCUT2D eigenvalue weighted by Crippen LogP contribution is 2.20. The molecule has 0 saturated carbocycles. The molecular formula is C15H22N4. The van der Waals surface area contributed by atoms with Crippen LogP contribution in [0.5, 0.6) is 0 Å². The number of hydrogen-bond acceptors (Lipinski definition) is 3. The van der Waals surface area contributed by atoms with Crippen molar-refractivity contribution in [3.63, 3.8) is 0 Å². The van der Waals surface area contributed by atoms with Gasteiger partial charge >= 0.3 is 0 Å². The average Bonchev–Trinajstić information content (AvgIpc) is 3.02. The first-order valence-corrected chi connectivity index (χ1v) is 7.18. The Balaban J connectivity index is 1.84. The van der Waals surface area contributed by atoms with Crippen molar-refractivity contribution >= 4 is 11.0 Å². The van der Waals surface area contributed by atoms with Crippen molar-refractivity contribution in [1.82, 2.24) is 14.5 Å². The summed E-state index contributed by atoms with van der Waals surface area (Å²) in [5.41, 5.74) is 8.11. The molecule has 1 aromatic heterocycles. The smallest absolute Gasteiger partial charge is 0.124 e. The van der Waals surface area contributed by atoms with Crippen LogP contribution in [0.1, 0.15) is 19.2 Å². The van der Waals surface area contributed by atoms with E-state index in [4.69, 9.17) is 10.7 Å². The summed E-state index contributed by atoms with van der Waals surface area (Å²) in [6.07, 6.45) is 1.23. The number of para-hydroxylation sites is 2. The molecule has 2 N–H and O–H groups in total. The lowest BCUT2D eigenvalue weighted by Gasteiger charge is -2.16. The summed E-state index contributed by atoms with van der Waals surface area (Å²) in [5, 5.41) is 0. The number of fused-ring (bicyclic) bond motifs is 1. The number of aromatic nitrogens is 2. The van der Waals surface area contributed by atoms with Gasteiger partial charge in [-0.15, -0.1) is 0 Å². The van der Waals surface area contributed by atoms with E-state index in [-0.39, 0.29) is 0 Å². The number of rotatable bonds is 4. The van der Waals surface area contributed by atoms with E-state index in [9.17, 15) is 0 Å². The van der Waals surface area contributed by atoms with Gasteiger partial charge in [0.25, 0.3) is 0 Å². The molecule has 0 bridgehead atoms. The van der Waals surface area contributed by atoms with Crippen molar-refractivity contribution in [3.8, 4) is 0 Å². The van der Waals surface area contributed by atoms with Crippen molar-refractivity contribution < 1.29 is 0 Å². The van der Waals surface area contributed by atoms with Gasteiger partial charge in [-0.25, -0.2) is 4.98 Å². The average molecular weight is 258 g/mol. The van der Waals surface area contributed by atoms with E-state index >= 15 is 0 Å². The maximum Gasteiger partial charge on any atom is 0.124 e. The molecule has 1 aliphatic heterocycles. The topological polar surface area (TPSA) is 47.1 Å². The van der Waals surface area contributed by atoms with Crippen LogP contribution in [0.2, 0.25) is 0 Å². The largest absolute Gasteiger partial charge is 0.330 e. The van der Waals surface area contributed by atoms with Crippen LogP contribution in [0.3, 0.4) is 0 Å². The van der Waals surface area contributed by atoms with Gasteiger partial charge in [-0.05, 0) is 44.5 Å². The minimum atomic E-state index is 0.666. The number of aryl methyl sites for hydroxylation is 1. The van der Waals surface area contributed by atoms with Crippen molar-refractivity contribution in [1.29, 1.82) is 0 Å². The third-order valence-corrected chi connectivity index (χ3v) is 4.12. The molecule has 0 aliphatic carbocycles. The number of hydrogen-bond donors (Lipinski definition) is 1. The molecule has 2 heterocycles. The Bertz CT molecular complexity index is 560. The highest BCUT2D eigenvalue weighted by Gasteiger charge is 2.22. The number of nitrogens with two attached hydrogens (primary N) is 1. The molecule has 1 aromatic carbocycles. The lowest BCUT2D eigenvalue weighted by atomic mass is 10.1. The van der Waals surface area contributed by atoms with E-state index in [1.54, 1.807) is 0 Å². The van der Waals surface area contributed by atoms with Gasteiger partial charge in [0.1, 0.15) is 5.82 Å². The number of imidazole rings is 1. The summed E-state index contributed by atoms with van der Waals surface area (Å²) < 4.78 is 2.32. The fourth-order valence-corrected chi connectivity index (χ4v) is 3.05. The molecule has 0 spiro atoms. The number of benzene rings is 1. The monoisotopic (exact) mass is 258 g/mol. The molecule has 4 heteroatoms. The molecule has 0 radical (unpaired) electrons. The SMILES string of the molecule is CCn1c(CN2CCC(CN)C2)nc2ccccc21. The normalized spacial score (nSPS) is 20.4. The van der Waals surface area contributed by atoms with E-state index in [1.807, 2.05) is 0 Å². The van der Waals surface area contributed by atoms with Crippen molar-refractivity contribution in [2.45, 2.75) is 26.4 Å². The molecular weight excluding hydrogens is 236 g/mol. The first-order chi connectivity index (χ1) is 9.31. The Hall–Kier alpha value is -1.39. The van der Waals surface area contributed by atoms with Crippen LogP contribution in [0, 0.1) is 5.92 Å². The van der Waals surface area contributed by atoms with Crippen LogP contribution >= 0.6 is 0 Å². The Morgan fingerprint density at radius 2 is 2.21 bits per heavy atom. The predicted molar refractivity (Wildman–Crippen MR) is 77.8 cm³/mol. The van der Waals surface area contributed by atoms with E-state index in [0.717, 1.165) is 38.2 Å². The minimum absolute atomic E-state index is 0.666. The lowest BCUT2D eigenvalue weighted by Crippen LogP contribution is -2.24. The van der Waals surface area contributed by atoms with Gasteiger partial charge < -0.3 is 10.3 Å². The van der Waals surface area contributed by atoms with Crippen LogP contribution in [0.15, 0.2) is 24.3 Å². The first kappa shape index (κ1) is 12.6. The fraction of sp³-hybridized carbons (Fsp3) is 0.533. The van der Waals surface area contributed by atoms with Gasteiger partial charge in [0, 0.05) is 13.1 Å². The van der Waals surface area contributed by atoms with E-state index in [2.05, 4.69) is 40.7 Å². The van der Waals surface area contributed by atoms with Gasteiger partial charge in [0.05, 0.1) is 17.6 Å². The number of likely N-dealkylation sites (tertiary alicyclic amines) is 1. The minimum Gasteiger partial charge on any atom is -0.330 e. The van der Waals surface area contributed by atoms with Gasteiger partial charge in [-0.3, -0.25) is 4.90 Å². The molecule has 4 nitrogen and oxygen atoms in total. The third-order valence-electron chi connectivity index (χ3n) is 4.12. The highest BCUT2D eigenvalue weighted by atomic mass is 15.2. The molecule has 1 unspecified atom stereocenters. The van der Waals surface area contributed by atoms with Gasteiger partial charge in [-0.2, -0.15) is 0 Å². The van der Waals surface area contributed by atoms with Gasteiger partial charge in [-0.1, -0.05) is 12.1 Å². The van der Waals surface area contributed by atoms with Crippen molar-refractivity contribution in [2.75, 3.05) is 19.6 Å². The van der Waals surface area contributed by atoms with E-state index in [1.165, 1.54) is 17.8 Å². The summed E-state index contributed by atoms with van der Waals surface area (Å²) in [7, 11) is 0. The Morgan fingerprint density at radius 3 is 2.95 bits per heavy atom. The second-order valence-electron chi connectivity index (χ2n) is 5.39. The third kappa shape index (κ3) is 2.38. The summed E-state index contributed by atoms with van der Waals surface area (Å²) in [4.78, 5) is 7.26. The molecule has 1 atom stereocenters. The highest BCUT2D eigenvalue weighted by molar-refractivity contribution is 5.75. The Labute approximate surface area is 114 Å². The summed E-state index contributed by atoms with van der Waals surface area (Å²) in [6.45, 7) is 7.17. The zero-order valence-electron chi connectivity index (χ0n) is 11.5. The molecule has 2 aromatic rings. The molecule has 0 amide bonds. The van der Waals surface area contributed by atoms with Crippen LogP contribution < -0.4 is 5.73 Å². The first-order valence-electron chi connectivity index (χ1n) is 7.18. The van der Waals surface area contributed by atoms with Gasteiger partial charge in [0.15, 0.2) is 0 Å².